The molecule has 4 unspecified atom stereocenters. The van der Waals surface area contributed by atoms with E-state index in [1.54, 1.807) is 18.4 Å². The lowest BCUT2D eigenvalue weighted by Crippen LogP contribution is -2.34. The second-order valence-electron chi connectivity index (χ2n) is 5.20. The number of hydrogen-bond donors (Lipinski definition) is 1. The Labute approximate surface area is 127 Å². The lowest BCUT2D eigenvalue weighted by atomic mass is 9.94. The van der Waals surface area contributed by atoms with Crippen LogP contribution in [0.4, 0.5) is 0 Å². The van der Waals surface area contributed by atoms with Gasteiger partial charge in [0.15, 0.2) is 0 Å². The summed E-state index contributed by atoms with van der Waals surface area (Å²) in [5.74, 6) is 0. The Morgan fingerprint density at radius 3 is 2.68 bits per heavy atom. The molecular weight excluding hydrogens is 326 g/mol. The first-order chi connectivity index (χ1) is 9.10. The van der Waals surface area contributed by atoms with E-state index in [1.165, 1.54) is 11.3 Å². The Balaban J connectivity index is 2.00. The van der Waals surface area contributed by atoms with Crippen molar-refractivity contribution in [3.05, 3.63) is 20.8 Å². The van der Waals surface area contributed by atoms with Crippen LogP contribution >= 0.6 is 27.3 Å². The minimum absolute atomic E-state index is 0.00604. The summed E-state index contributed by atoms with van der Waals surface area (Å²) < 4.78 is 12.8. The molecule has 2 rings (SSSR count). The Bertz CT molecular complexity index is 397. The SMILES string of the molecule is COC1CCCC(OC(c2ccc(Br)s2)C(C)N)C1. The van der Waals surface area contributed by atoms with E-state index in [-0.39, 0.29) is 18.2 Å². The van der Waals surface area contributed by atoms with Crippen LogP contribution < -0.4 is 5.73 Å². The predicted octanol–water partition coefficient (Wildman–Crippen LogP) is 3.87. The summed E-state index contributed by atoms with van der Waals surface area (Å²) in [5, 5.41) is 0. The highest BCUT2D eigenvalue weighted by Gasteiger charge is 2.28. The minimum Gasteiger partial charge on any atom is -0.381 e. The van der Waals surface area contributed by atoms with Gasteiger partial charge in [-0.2, -0.15) is 0 Å². The summed E-state index contributed by atoms with van der Waals surface area (Å²) in [6, 6.07) is 4.14. The lowest BCUT2D eigenvalue weighted by Gasteiger charge is -2.32. The van der Waals surface area contributed by atoms with Crippen LogP contribution in [0, 0.1) is 0 Å². The molecule has 3 nitrogen and oxygen atoms in total. The van der Waals surface area contributed by atoms with E-state index in [2.05, 4.69) is 28.1 Å². The molecule has 0 aliphatic heterocycles. The first kappa shape index (κ1) is 15.4. The number of ether oxygens (including phenoxy) is 2. The molecule has 5 heteroatoms. The lowest BCUT2D eigenvalue weighted by molar-refractivity contribution is -0.0713. The average molecular weight is 348 g/mol. The highest BCUT2D eigenvalue weighted by atomic mass is 79.9. The summed E-state index contributed by atoms with van der Waals surface area (Å²) in [7, 11) is 1.78. The van der Waals surface area contributed by atoms with Crippen molar-refractivity contribution in [2.45, 2.75) is 57.0 Å². The van der Waals surface area contributed by atoms with Crippen LogP contribution in [-0.2, 0) is 9.47 Å². The van der Waals surface area contributed by atoms with Gasteiger partial charge in [-0.25, -0.2) is 0 Å². The zero-order valence-corrected chi connectivity index (χ0v) is 13.9. The molecule has 1 aliphatic carbocycles. The minimum atomic E-state index is -0.0168. The summed E-state index contributed by atoms with van der Waals surface area (Å²) in [6.07, 6.45) is 4.98. The first-order valence-corrected chi connectivity index (χ1v) is 8.40. The van der Waals surface area contributed by atoms with E-state index in [9.17, 15) is 0 Å². The largest absolute Gasteiger partial charge is 0.381 e. The maximum atomic E-state index is 6.27. The number of methoxy groups -OCH3 is 1. The Hall–Kier alpha value is 0.0600. The molecule has 1 heterocycles. The van der Waals surface area contributed by atoms with Gasteiger partial charge in [0.05, 0.1) is 16.0 Å². The van der Waals surface area contributed by atoms with Crippen molar-refractivity contribution in [1.29, 1.82) is 0 Å². The van der Waals surface area contributed by atoms with E-state index in [4.69, 9.17) is 15.2 Å². The summed E-state index contributed by atoms with van der Waals surface area (Å²) >= 11 is 5.20. The van der Waals surface area contributed by atoms with E-state index < -0.39 is 0 Å². The highest BCUT2D eigenvalue weighted by Crippen LogP contribution is 2.34. The molecule has 0 saturated heterocycles. The first-order valence-electron chi connectivity index (χ1n) is 6.79. The molecule has 2 N–H and O–H groups in total. The van der Waals surface area contributed by atoms with Crippen LogP contribution in [0.3, 0.4) is 0 Å². The number of nitrogens with two attached hydrogens (primary N) is 1. The smallest absolute Gasteiger partial charge is 0.107 e. The third-order valence-corrected chi connectivity index (χ3v) is 5.29. The Morgan fingerprint density at radius 2 is 2.11 bits per heavy atom. The van der Waals surface area contributed by atoms with Gasteiger partial charge in [-0.15, -0.1) is 11.3 Å². The molecule has 0 radical (unpaired) electrons. The van der Waals surface area contributed by atoms with Gasteiger partial charge < -0.3 is 15.2 Å². The third kappa shape index (κ3) is 4.26. The Kier molecular flexibility index (Phi) is 5.84. The van der Waals surface area contributed by atoms with Gasteiger partial charge in [0.2, 0.25) is 0 Å². The molecule has 1 aromatic heterocycles. The van der Waals surface area contributed by atoms with Crippen molar-refractivity contribution in [2.24, 2.45) is 5.73 Å². The molecule has 0 bridgehead atoms. The zero-order valence-electron chi connectivity index (χ0n) is 11.5. The number of thiophene rings is 1. The van der Waals surface area contributed by atoms with Crippen molar-refractivity contribution in [3.8, 4) is 0 Å². The van der Waals surface area contributed by atoms with Crippen LogP contribution in [0.15, 0.2) is 15.9 Å². The van der Waals surface area contributed by atoms with Crippen molar-refractivity contribution in [1.82, 2.24) is 0 Å². The third-order valence-electron chi connectivity index (χ3n) is 3.60. The molecule has 0 aromatic carbocycles. The highest BCUT2D eigenvalue weighted by molar-refractivity contribution is 9.11. The van der Waals surface area contributed by atoms with Crippen LogP contribution in [0.5, 0.6) is 0 Å². The van der Waals surface area contributed by atoms with E-state index in [1.807, 2.05) is 6.92 Å². The predicted molar refractivity (Wildman–Crippen MR) is 82.5 cm³/mol. The monoisotopic (exact) mass is 347 g/mol. The molecule has 1 fully saturated rings. The zero-order chi connectivity index (χ0) is 13.8. The fourth-order valence-electron chi connectivity index (χ4n) is 2.58. The van der Waals surface area contributed by atoms with Crippen molar-refractivity contribution >= 4 is 27.3 Å². The van der Waals surface area contributed by atoms with Crippen LogP contribution in [-0.4, -0.2) is 25.4 Å². The molecule has 108 valence electrons. The summed E-state index contributed by atoms with van der Waals surface area (Å²) in [5.41, 5.74) is 6.10. The van der Waals surface area contributed by atoms with Crippen LogP contribution in [0.1, 0.15) is 43.6 Å². The quantitative estimate of drug-likeness (QED) is 0.878. The molecule has 1 aliphatic rings. The standard InChI is InChI=1S/C14H22BrNO2S/c1-9(16)14(12-6-7-13(15)19-12)18-11-5-3-4-10(8-11)17-2/h6-7,9-11,14H,3-5,8,16H2,1-2H3. The van der Waals surface area contributed by atoms with Crippen molar-refractivity contribution < 1.29 is 9.47 Å². The van der Waals surface area contributed by atoms with E-state index >= 15 is 0 Å². The van der Waals surface area contributed by atoms with Gasteiger partial charge in [0.1, 0.15) is 6.10 Å². The fourth-order valence-corrected chi connectivity index (χ4v) is 4.16. The second-order valence-corrected chi connectivity index (χ2v) is 7.70. The van der Waals surface area contributed by atoms with Gasteiger partial charge >= 0.3 is 0 Å². The average Bonchev–Trinajstić information content (AvgIpc) is 2.82. The van der Waals surface area contributed by atoms with Crippen LogP contribution in [0.2, 0.25) is 0 Å². The van der Waals surface area contributed by atoms with Gasteiger partial charge in [0, 0.05) is 18.0 Å². The Morgan fingerprint density at radius 1 is 1.37 bits per heavy atom. The van der Waals surface area contributed by atoms with Crippen molar-refractivity contribution in [2.75, 3.05) is 7.11 Å². The maximum absolute atomic E-state index is 6.27. The molecule has 1 saturated carbocycles. The molecule has 0 spiro atoms. The molecule has 1 aromatic rings. The molecule has 19 heavy (non-hydrogen) atoms. The number of rotatable bonds is 5. The summed E-state index contributed by atoms with van der Waals surface area (Å²) in [4.78, 5) is 1.20. The molecule has 0 amide bonds. The molecular formula is C14H22BrNO2S. The topological polar surface area (TPSA) is 44.5 Å². The van der Waals surface area contributed by atoms with E-state index in [0.717, 1.165) is 23.0 Å². The van der Waals surface area contributed by atoms with Gasteiger partial charge in [0.25, 0.3) is 0 Å². The maximum Gasteiger partial charge on any atom is 0.107 e. The summed E-state index contributed by atoms with van der Waals surface area (Å²) in [6.45, 7) is 2.01. The fraction of sp³-hybridized carbons (Fsp3) is 0.714. The number of hydrogen-bond acceptors (Lipinski definition) is 4. The number of halogens is 1. The van der Waals surface area contributed by atoms with E-state index in [0.29, 0.717) is 6.10 Å². The van der Waals surface area contributed by atoms with Crippen molar-refractivity contribution in [3.63, 3.8) is 0 Å². The van der Waals surface area contributed by atoms with Crippen LogP contribution in [0.25, 0.3) is 0 Å². The van der Waals surface area contributed by atoms with Gasteiger partial charge in [-0.3, -0.25) is 0 Å². The normalized spacial score (nSPS) is 27.2. The molecule has 4 atom stereocenters. The second kappa shape index (κ2) is 7.18. The van der Waals surface area contributed by atoms with Gasteiger partial charge in [-0.1, -0.05) is 0 Å². The van der Waals surface area contributed by atoms with Gasteiger partial charge in [-0.05, 0) is 60.7 Å².